The number of aromatic nitrogens is 1. The molecule has 2 saturated carbocycles. The van der Waals surface area contributed by atoms with Gasteiger partial charge in [-0.2, -0.15) is 0 Å². The van der Waals surface area contributed by atoms with Gasteiger partial charge in [0.05, 0.1) is 10.9 Å². The standard InChI is InChI=1S/C26H31N3OS/c30-25-24(18-20-16-17-28(19-20)22-12-6-2-7-13-22)31-26(27-21-10-4-1-5-11-21)29(25)23-14-8-3-9-15-23/h2,6-7,12-13,16-19,21,23H,1,3-5,8-11,14-15H2/b24-18+,27-26?. The molecule has 4 nitrogen and oxygen atoms in total. The highest BCUT2D eigenvalue weighted by atomic mass is 32.2. The van der Waals surface area contributed by atoms with Gasteiger partial charge in [-0.05, 0) is 67.3 Å². The molecule has 1 saturated heterocycles. The quantitative estimate of drug-likeness (QED) is 0.522. The number of carbonyl (C=O) groups excluding carboxylic acids is 1. The van der Waals surface area contributed by atoms with Crippen molar-refractivity contribution in [3.63, 3.8) is 0 Å². The molecule has 5 heteroatoms. The van der Waals surface area contributed by atoms with E-state index in [9.17, 15) is 4.79 Å². The first-order chi connectivity index (χ1) is 15.3. The molecule has 0 radical (unpaired) electrons. The number of rotatable bonds is 4. The molecule has 1 amide bonds. The average molecular weight is 434 g/mol. The normalized spacial score (nSPS) is 23.9. The van der Waals surface area contributed by atoms with Gasteiger partial charge in [0.2, 0.25) is 0 Å². The van der Waals surface area contributed by atoms with E-state index in [1.54, 1.807) is 11.8 Å². The fraction of sp³-hybridized carbons (Fsp3) is 0.462. The molecule has 2 aliphatic carbocycles. The van der Waals surface area contributed by atoms with Crippen molar-refractivity contribution in [1.82, 2.24) is 9.47 Å². The van der Waals surface area contributed by atoms with Gasteiger partial charge in [-0.15, -0.1) is 0 Å². The zero-order valence-corrected chi connectivity index (χ0v) is 18.9. The third-order valence-corrected chi connectivity index (χ3v) is 7.71. The zero-order chi connectivity index (χ0) is 21.0. The molecule has 3 aliphatic rings. The second kappa shape index (κ2) is 9.47. The van der Waals surface area contributed by atoms with E-state index in [0.717, 1.165) is 47.0 Å². The third-order valence-electron chi connectivity index (χ3n) is 6.71. The fourth-order valence-corrected chi connectivity index (χ4v) is 6.12. The highest BCUT2D eigenvalue weighted by molar-refractivity contribution is 8.18. The molecule has 0 bridgehead atoms. The van der Waals surface area contributed by atoms with E-state index in [-0.39, 0.29) is 5.91 Å². The minimum Gasteiger partial charge on any atom is -0.323 e. The van der Waals surface area contributed by atoms with E-state index in [4.69, 9.17) is 4.99 Å². The maximum absolute atomic E-state index is 13.5. The topological polar surface area (TPSA) is 37.6 Å². The molecule has 0 unspecified atom stereocenters. The summed E-state index contributed by atoms with van der Waals surface area (Å²) in [6.45, 7) is 0. The van der Waals surface area contributed by atoms with Crippen LogP contribution < -0.4 is 0 Å². The van der Waals surface area contributed by atoms with Gasteiger partial charge in [-0.3, -0.25) is 14.7 Å². The molecule has 162 valence electrons. The van der Waals surface area contributed by atoms with E-state index in [1.165, 1.54) is 38.5 Å². The Hall–Kier alpha value is -2.27. The smallest absolute Gasteiger partial charge is 0.267 e. The predicted octanol–water partition coefficient (Wildman–Crippen LogP) is 6.42. The average Bonchev–Trinajstić information content (AvgIpc) is 3.40. The molecule has 1 aliphatic heterocycles. The number of amidine groups is 1. The minimum absolute atomic E-state index is 0.152. The van der Waals surface area contributed by atoms with Gasteiger partial charge >= 0.3 is 0 Å². The van der Waals surface area contributed by atoms with Crippen LogP contribution in [0, 0.1) is 0 Å². The Morgan fingerprint density at radius 2 is 1.61 bits per heavy atom. The van der Waals surface area contributed by atoms with Crippen LogP contribution in [0.5, 0.6) is 0 Å². The van der Waals surface area contributed by atoms with Crippen LogP contribution in [-0.2, 0) is 4.79 Å². The lowest BCUT2D eigenvalue weighted by Crippen LogP contribution is -2.41. The van der Waals surface area contributed by atoms with Crippen LogP contribution in [-0.4, -0.2) is 32.6 Å². The van der Waals surface area contributed by atoms with Crippen LogP contribution in [0.25, 0.3) is 11.8 Å². The van der Waals surface area contributed by atoms with Crippen LogP contribution in [0.2, 0.25) is 0 Å². The van der Waals surface area contributed by atoms with Crippen molar-refractivity contribution in [3.8, 4) is 5.69 Å². The fourth-order valence-electron chi connectivity index (χ4n) is 5.01. The highest BCUT2D eigenvalue weighted by Crippen LogP contribution is 2.38. The number of hydrogen-bond donors (Lipinski definition) is 0. The molecule has 0 atom stereocenters. The largest absolute Gasteiger partial charge is 0.323 e. The lowest BCUT2D eigenvalue weighted by molar-refractivity contribution is -0.124. The molecule has 2 aromatic rings. The monoisotopic (exact) mass is 433 g/mol. The molecule has 31 heavy (non-hydrogen) atoms. The maximum Gasteiger partial charge on any atom is 0.267 e. The van der Waals surface area contributed by atoms with Crippen LogP contribution in [0.3, 0.4) is 0 Å². The van der Waals surface area contributed by atoms with E-state index < -0.39 is 0 Å². The van der Waals surface area contributed by atoms with Crippen LogP contribution in [0.1, 0.15) is 69.8 Å². The van der Waals surface area contributed by atoms with Gasteiger partial charge in [-0.1, -0.05) is 56.7 Å². The van der Waals surface area contributed by atoms with Gasteiger partial charge in [0.25, 0.3) is 5.91 Å². The number of hydrogen-bond acceptors (Lipinski definition) is 3. The molecule has 1 aromatic heterocycles. The first-order valence-corrected chi connectivity index (χ1v) is 12.6. The van der Waals surface area contributed by atoms with Crippen molar-refractivity contribution < 1.29 is 4.79 Å². The molecule has 3 fully saturated rings. The summed E-state index contributed by atoms with van der Waals surface area (Å²) in [5.41, 5.74) is 2.18. The first-order valence-electron chi connectivity index (χ1n) is 11.8. The van der Waals surface area contributed by atoms with Gasteiger partial charge in [0, 0.05) is 24.1 Å². The summed E-state index contributed by atoms with van der Waals surface area (Å²) >= 11 is 1.59. The number of thioether (sulfide) groups is 1. The van der Waals surface area contributed by atoms with Crippen molar-refractivity contribution in [1.29, 1.82) is 0 Å². The lowest BCUT2D eigenvalue weighted by atomic mass is 9.94. The Morgan fingerprint density at radius 3 is 2.35 bits per heavy atom. The van der Waals surface area contributed by atoms with Crippen molar-refractivity contribution >= 4 is 28.9 Å². The Kier molecular flexibility index (Phi) is 6.30. The lowest BCUT2D eigenvalue weighted by Gasteiger charge is -2.31. The second-order valence-electron chi connectivity index (χ2n) is 8.97. The Labute approximate surface area is 189 Å². The van der Waals surface area contributed by atoms with E-state index in [0.29, 0.717) is 12.1 Å². The zero-order valence-electron chi connectivity index (χ0n) is 18.1. The minimum atomic E-state index is 0.152. The summed E-state index contributed by atoms with van der Waals surface area (Å²) in [4.78, 5) is 21.5. The summed E-state index contributed by atoms with van der Waals surface area (Å²) in [6.07, 6.45) is 18.3. The van der Waals surface area contributed by atoms with Crippen LogP contribution in [0.4, 0.5) is 0 Å². The first kappa shape index (κ1) is 20.6. The van der Waals surface area contributed by atoms with Gasteiger partial charge in [0.15, 0.2) is 5.17 Å². The number of benzene rings is 1. The number of carbonyl (C=O) groups is 1. The summed E-state index contributed by atoms with van der Waals surface area (Å²) in [6, 6.07) is 13.1. The summed E-state index contributed by atoms with van der Waals surface area (Å²) < 4.78 is 2.10. The number of aliphatic imine (C=N–C) groups is 1. The van der Waals surface area contributed by atoms with Crippen molar-refractivity contribution in [3.05, 3.63) is 59.3 Å². The number of para-hydroxylation sites is 1. The number of nitrogens with zero attached hydrogens (tertiary/aromatic N) is 3. The maximum atomic E-state index is 13.5. The second-order valence-corrected chi connectivity index (χ2v) is 9.98. The third kappa shape index (κ3) is 4.67. The molecule has 0 spiro atoms. The summed E-state index contributed by atoms with van der Waals surface area (Å²) in [7, 11) is 0. The van der Waals surface area contributed by atoms with Crippen molar-refractivity contribution in [2.24, 2.45) is 4.99 Å². The van der Waals surface area contributed by atoms with Crippen molar-refractivity contribution in [2.75, 3.05) is 0 Å². The predicted molar refractivity (Wildman–Crippen MR) is 129 cm³/mol. The Balaban J connectivity index is 1.42. The molecular formula is C26H31N3OS. The van der Waals surface area contributed by atoms with Crippen molar-refractivity contribution in [2.45, 2.75) is 76.3 Å². The molecule has 0 N–H and O–H groups in total. The Morgan fingerprint density at radius 1 is 0.903 bits per heavy atom. The van der Waals surface area contributed by atoms with Gasteiger partial charge in [-0.25, -0.2) is 0 Å². The Bertz CT molecular complexity index is 966. The van der Waals surface area contributed by atoms with E-state index in [1.807, 2.05) is 24.3 Å². The summed E-state index contributed by atoms with van der Waals surface area (Å²) in [5, 5.41) is 0.956. The molecule has 2 heterocycles. The molecular weight excluding hydrogens is 402 g/mol. The number of amides is 1. The van der Waals surface area contributed by atoms with E-state index >= 15 is 0 Å². The van der Waals surface area contributed by atoms with Gasteiger partial charge in [0.1, 0.15) is 0 Å². The molecule has 5 rings (SSSR count). The van der Waals surface area contributed by atoms with Gasteiger partial charge < -0.3 is 4.57 Å². The van der Waals surface area contributed by atoms with Crippen LogP contribution >= 0.6 is 11.8 Å². The highest BCUT2D eigenvalue weighted by Gasteiger charge is 2.39. The van der Waals surface area contributed by atoms with E-state index in [2.05, 4.69) is 40.1 Å². The van der Waals surface area contributed by atoms with Crippen LogP contribution in [0.15, 0.2) is 58.7 Å². The molecule has 1 aromatic carbocycles. The summed E-state index contributed by atoms with van der Waals surface area (Å²) in [5.74, 6) is 0.152. The SMILES string of the molecule is O=C1/C(=C\c2ccn(-c3ccccc3)c2)SC(=NC2CCCCC2)N1C1CCCCC1.